The molecule has 0 spiro atoms. The molecular formula is C25H21N3O2S. The van der Waals surface area contributed by atoms with E-state index in [0.29, 0.717) is 17.5 Å². The lowest BCUT2D eigenvalue weighted by atomic mass is 10.1. The summed E-state index contributed by atoms with van der Waals surface area (Å²) in [6.45, 7) is 0.664. The maximum atomic E-state index is 11.2. The highest BCUT2D eigenvalue weighted by Crippen LogP contribution is 2.26. The van der Waals surface area contributed by atoms with Gasteiger partial charge in [-0.1, -0.05) is 84.6 Å². The van der Waals surface area contributed by atoms with Crippen LogP contribution in [-0.4, -0.2) is 21.0 Å². The summed E-state index contributed by atoms with van der Waals surface area (Å²) in [4.78, 5) is 20.6. The predicted octanol–water partition coefficient (Wildman–Crippen LogP) is 5.75. The van der Waals surface area contributed by atoms with Crippen molar-refractivity contribution in [2.45, 2.75) is 17.5 Å². The largest absolute Gasteiger partial charge is 0.478 e. The second-order valence-electron chi connectivity index (χ2n) is 6.92. The Bertz CT molecular complexity index is 1170. The molecule has 0 aliphatic heterocycles. The maximum Gasteiger partial charge on any atom is 0.335 e. The zero-order valence-corrected chi connectivity index (χ0v) is 17.5. The van der Waals surface area contributed by atoms with Crippen LogP contribution in [0.2, 0.25) is 0 Å². The molecule has 1 aromatic heterocycles. The summed E-state index contributed by atoms with van der Waals surface area (Å²) in [5, 5.41) is 13.2. The van der Waals surface area contributed by atoms with E-state index in [1.165, 1.54) is 17.3 Å². The molecule has 0 unspecified atom stereocenters. The molecule has 3 aromatic carbocycles. The Kier molecular flexibility index (Phi) is 6.59. The molecule has 6 heteroatoms. The highest BCUT2D eigenvalue weighted by Gasteiger charge is 2.09. The molecule has 0 radical (unpaired) electrons. The maximum absolute atomic E-state index is 11.2. The molecular weight excluding hydrogens is 406 g/mol. The Hall–Kier alpha value is -3.64. The molecule has 0 aliphatic rings. The number of anilines is 1. The number of carboxylic acid groups (broad SMARTS) is 1. The first-order chi connectivity index (χ1) is 15.2. The smallest absolute Gasteiger partial charge is 0.335 e. The van der Waals surface area contributed by atoms with E-state index in [0.717, 1.165) is 22.6 Å². The topological polar surface area (TPSA) is 75.1 Å². The average Bonchev–Trinajstić information content (AvgIpc) is 2.83. The van der Waals surface area contributed by atoms with Gasteiger partial charge in [-0.25, -0.2) is 14.8 Å². The number of nitrogens with one attached hydrogen (secondary N) is 1. The van der Waals surface area contributed by atoms with Gasteiger partial charge in [-0.15, -0.1) is 0 Å². The van der Waals surface area contributed by atoms with E-state index in [1.807, 2.05) is 60.7 Å². The van der Waals surface area contributed by atoms with Gasteiger partial charge in [0.05, 0.1) is 11.3 Å². The van der Waals surface area contributed by atoms with Gasteiger partial charge in [0.2, 0.25) is 0 Å². The molecule has 0 aliphatic carbocycles. The summed E-state index contributed by atoms with van der Waals surface area (Å²) in [5.41, 5.74) is 4.22. The Morgan fingerprint density at radius 2 is 1.55 bits per heavy atom. The molecule has 4 aromatic rings. The van der Waals surface area contributed by atoms with E-state index in [4.69, 9.17) is 4.98 Å². The van der Waals surface area contributed by atoms with Gasteiger partial charge < -0.3 is 10.4 Å². The third-order valence-corrected chi connectivity index (χ3v) is 5.55. The Labute approximate surface area is 185 Å². The van der Waals surface area contributed by atoms with E-state index >= 15 is 0 Å². The number of aromatic carboxylic acids is 1. The zero-order chi connectivity index (χ0) is 21.5. The van der Waals surface area contributed by atoms with Crippen LogP contribution in [0, 0.1) is 0 Å². The van der Waals surface area contributed by atoms with Crippen LogP contribution in [-0.2, 0) is 12.3 Å². The highest BCUT2D eigenvalue weighted by molar-refractivity contribution is 7.98. The summed E-state index contributed by atoms with van der Waals surface area (Å²) < 4.78 is 0. The number of hydrogen-bond donors (Lipinski definition) is 2. The normalized spacial score (nSPS) is 10.6. The number of rotatable bonds is 8. The van der Waals surface area contributed by atoms with Crippen LogP contribution >= 0.6 is 11.8 Å². The zero-order valence-electron chi connectivity index (χ0n) is 16.7. The van der Waals surface area contributed by atoms with Crippen molar-refractivity contribution in [2.24, 2.45) is 0 Å². The monoisotopic (exact) mass is 427 g/mol. The second kappa shape index (κ2) is 9.91. The Balaban J connectivity index is 1.57. The van der Waals surface area contributed by atoms with Crippen LogP contribution < -0.4 is 5.32 Å². The summed E-state index contributed by atoms with van der Waals surface area (Å²) >= 11 is 1.48. The molecule has 0 atom stereocenters. The summed E-state index contributed by atoms with van der Waals surface area (Å²) in [6.07, 6.45) is 0. The molecule has 0 saturated heterocycles. The first-order valence-electron chi connectivity index (χ1n) is 9.85. The lowest BCUT2D eigenvalue weighted by Gasteiger charge is -2.10. The molecule has 154 valence electrons. The van der Waals surface area contributed by atoms with Crippen LogP contribution in [0.15, 0.2) is 96.2 Å². The Morgan fingerprint density at radius 1 is 0.839 bits per heavy atom. The van der Waals surface area contributed by atoms with Gasteiger partial charge in [0.15, 0.2) is 5.16 Å². The molecule has 2 N–H and O–H groups in total. The predicted molar refractivity (Wildman–Crippen MR) is 124 cm³/mol. The van der Waals surface area contributed by atoms with Crippen molar-refractivity contribution in [3.8, 4) is 11.3 Å². The van der Waals surface area contributed by atoms with Crippen molar-refractivity contribution in [3.63, 3.8) is 0 Å². The standard InChI is InChI=1S/C25H21N3O2S/c29-24(30)21-13-7-10-19(14-21)17-31-25-27-22(20-11-5-2-6-12-20)15-23(28-25)26-16-18-8-3-1-4-9-18/h1-15H,16-17H2,(H,29,30)(H,26,27,28). The lowest BCUT2D eigenvalue weighted by molar-refractivity contribution is 0.0696. The number of aromatic nitrogens is 2. The fourth-order valence-electron chi connectivity index (χ4n) is 3.07. The third kappa shape index (κ3) is 5.71. The van der Waals surface area contributed by atoms with Gasteiger partial charge in [-0.3, -0.25) is 0 Å². The number of carbonyl (C=O) groups is 1. The van der Waals surface area contributed by atoms with Gasteiger partial charge >= 0.3 is 5.97 Å². The quantitative estimate of drug-likeness (QED) is 0.276. The van der Waals surface area contributed by atoms with E-state index in [9.17, 15) is 9.90 Å². The van der Waals surface area contributed by atoms with Crippen molar-refractivity contribution >= 4 is 23.5 Å². The first-order valence-corrected chi connectivity index (χ1v) is 10.8. The summed E-state index contributed by atoms with van der Waals surface area (Å²) in [7, 11) is 0. The Morgan fingerprint density at radius 3 is 2.29 bits per heavy atom. The third-order valence-electron chi connectivity index (χ3n) is 4.63. The van der Waals surface area contributed by atoms with Crippen molar-refractivity contribution in [3.05, 3.63) is 108 Å². The number of hydrogen-bond acceptors (Lipinski definition) is 5. The number of thioether (sulfide) groups is 1. The lowest BCUT2D eigenvalue weighted by Crippen LogP contribution is -2.03. The van der Waals surface area contributed by atoms with Crippen molar-refractivity contribution < 1.29 is 9.90 Å². The van der Waals surface area contributed by atoms with Crippen LogP contribution in [0.3, 0.4) is 0 Å². The van der Waals surface area contributed by atoms with Gasteiger partial charge in [-0.05, 0) is 23.3 Å². The molecule has 0 saturated carbocycles. The minimum absolute atomic E-state index is 0.280. The molecule has 0 fully saturated rings. The van der Waals surface area contributed by atoms with E-state index in [2.05, 4.69) is 22.4 Å². The molecule has 0 amide bonds. The van der Waals surface area contributed by atoms with Gasteiger partial charge in [-0.2, -0.15) is 0 Å². The van der Waals surface area contributed by atoms with Gasteiger partial charge in [0.1, 0.15) is 5.82 Å². The highest BCUT2D eigenvalue weighted by atomic mass is 32.2. The molecule has 1 heterocycles. The molecule has 0 bridgehead atoms. The van der Waals surface area contributed by atoms with Crippen molar-refractivity contribution in [2.75, 3.05) is 5.32 Å². The number of nitrogens with zero attached hydrogens (tertiary/aromatic N) is 2. The molecule has 31 heavy (non-hydrogen) atoms. The van der Waals surface area contributed by atoms with Crippen LogP contribution in [0.1, 0.15) is 21.5 Å². The van der Waals surface area contributed by atoms with Crippen molar-refractivity contribution in [1.82, 2.24) is 9.97 Å². The average molecular weight is 428 g/mol. The van der Waals surface area contributed by atoms with Gasteiger partial charge in [0.25, 0.3) is 0 Å². The molecule has 5 nitrogen and oxygen atoms in total. The SMILES string of the molecule is O=C(O)c1cccc(CSc2nc(NCc3ccccc3)cc(-c3ccccc3)n2)c1. The number of benzene rings is 3. The molecule has 4 rings (SSSR count). The van der Waals surface area contributed by atoms with Crippen molar-refractivity contribution in [1.29, 1.82) is 0 Å². The van der Waals surface area contributed by atoms with Crippen LogP contribution in [0.5, 0.6) is 0 Å². The van der Waals surface area contributed by atoms with E-state index < -0.39 is 5.97 Å². The van der Waals surface area contributed by atoms with Crippen LogP contribution in [0.25, 0.3) is 11.3 Å². The first kappa shape index (κ1) is 20.6. The summed E-state index contributed by atoms with van der Waals surface area (Å²) in [5.74, 6) is 0.401. The summed E-state index contributed by atoms with van der Waals surface area (Å²) in [6, 6.07) is 29.0. The van der Waals surface area contributed by atoms with E-state index in [-0.39, 0.29) is 5.56 Å². The number of carboxylic acids is 1. The fourth-order valence-corrected chi connectivity index (χ4v) is 3.87. The van der Waals surface area contributed by atoms with E-state index in [1.54, 1.807) is 18.2 Å². The minimum atomic E-state index is -0.929. The van der Waals surface area contributed by atoms with Crippen LogP contribution in [0.4, 0.5) is 5.82 Å². The van der Waals surface area contributed by atoms with Gasteiger partial charge in [0, 0.05) is 23.9 Å². The minimum Gasteiger partial charge on any atom is -0.478 e. The second-order valence-corrected chi connectivity index (χ2v) is 7.86. The fraction of sp³-hybridized carbons (Fsp3) is 0.0800.